The lowest BCUT2D eigenvalue weighted by Crippen LogP contribution is -2.34. The standard InChI is InChI=1S/C16H16N4OS2/c1-10-7-8-22-14(10)9-17-20-15(21)11(2)18-16-19-12-5-3-4-6-13(12)23-16/h3-9,11H,1-2H3,(H,18,19)(H,20,21)/b17-9-/t11-/m1/s1. The highest BCUT2D eigenvalue weighted by atomic mass is 32.1. The number of hydrogen-bond acceptors (Lipinski definition) is 6. The first-order valence-electron chi connectivity index (χ1n) is 7.12. The number of hydrogen-bond donors (Lipinski definition) is 2. The number of benzene rings is 1. The molecule has 0 saturated heterocycles. The van der Waals surface area contributed by atoms with E-state index in [0.29, 0.717) is 0 Å². The van der Waals surface area contributed by atoms with Crippen LogP contribution in [0.3, 0.4) is 0 Å². The maximum atomic E-state index is 12.1. The van der Waals surface area contributed by atoms with Gasteiger partial charge in [-0.05, 0) is 43.0 Å². The minimum Gasteiger partial charge on any atom is -0.350 e. The highest BCUT2D eigenvalue weighted by molar-refractivity contribution is 7.22. The summed E-state index contributed by atoms with van der Waals surface area (Å²) in [6.45, 7) is 3.80. The van der Waals surface area contributed by atoms with Crippen LogP contribution in [0.15, 0.2) is 40.8 Å². The van der Waals surface area contributed by atoms with Crippen molar-refractivity contribution in [1.82, 2.24) is 10.4 Å². The van der Waals surface area contributed by atoms with Crippen LogP contribution in [0.25, 0.3) is 10.2 Å². The summed E-state index contributed by atoms with van der Waals surface area (Å²) in [5.74, 6) is -0.199. The van der Waals surface area contributed by atoms with Crippen molar-refractivity contribution in [1.29, 1.82) is 0 Å². The van der Waals surface area contributed by atoms with Crippen LogP contribution in [0.4, 0.5) is 5.13 Å². The Hall–Kier alpha value is -2.25. The molecule has 3 rings (SSSR count). The van der Waals surface area contributed by atoms with Gasteiger partial charge in [0.1, 0.15) is 6.04 Å². The van der Waals surface area contributed by atoms with Gasteiger partial charge in [0.15, 0.2) is 5.13 Å². The van der Waals surface area contributed by atoms with Crippen molar-refractivity contribution in [2.24, 2.45) is 5.10 Å². The highest BCUT2D eigenvalue weighted by Crippen LogP contribution is 2.25. The second kappa shape index (κ2) is 6.89. The number of nitrogens with zero attached hydrogens (tertiary/aromatic N) is 2. The molecule has 3 aromatic rings. The fourth-order valence-electron chi connectivity index (χ4n) is 1.95. The van der Waals surface area contributed by atoms with Crippen LogP contribution in [0.5, 0.6) is 0 Å². The number of thiazole rings is 1. The quantitative estimate of drug-likeness (QED) is 0.549. The smallest absolute Gasteiger partial charge is 0.262 e. The van der Waals surface area contributed by atoms with Crippen molar-refractivity contribution in [2.75, 3.05) is 5.32 Å². The number of carbonyl (C=O) groups is 1. The summed E-state index contributed by atoms with van der Waals surface area (Å²) in [5.41, 5.74) is 4.63. The van der Waals surface area contributed by atoms with Gasteiger partial charge in [-0.3, -0.25) is 4.79 Å². The van der Waals surface area contributed by atoms with Crippen molar-refractivity contribution in [3.05, 3.63) is 46.2 Å². The lowest BCUT2D eigenvalue weighted by Gasteiger charge is -2.10. The molecular weight excluding hydrogens is 328 g/mol. The van der Waals surface area contributed by atoms with E-state index in [-0.39, 0.29) is 5.91 Å². The monoisotopic (exact) mass is 344 g/mol. The van der Waals surface area contributed by atoms with E-state index in [1.807, 2.05) is 42.6 Å². The summed E-state index contributed by atoms with van der Waals surface area (Å²) >= 11 is 3.12. The van der Waals surface area contributed by atoms with Crippen LogP contribution in [0.1, 0.15) is 17.4 Å². The molecule has 118 valence electrons. The molecule has 0 aliphatic rings. The number of thiophene rings is 1. The topological polar surface area (TPSA) is 66.4 Å². The highest BCUT2D eigenvalue weighted by Gasteiger charge is 2.14. The first-order valence-corrected chi connectivity index (χ1v) is 8.82. The summed E-state index contributed by atoms with van der Waals surface area (Å²) in [6, 6.07) is 9.49. The van der Waals surface area contributed by atoms with Crippen LogP contribution in [0, 0.1) is 6.92 Å². The Morgan fingerprint density at radius 2 is 2.17 bits per heavy atom. The second-order valence-corrected chi connectivity index (χ2v) is 7.03. The van der Waals surface area contributed by atoms with Crippen molar-refractivity contribution < 1.29 is 4.79 Å². The number of hydrazone groups is 1. The van der Waals surface area contributed by atoms with Gasteiger partial charge in [0.2, 0.25) is 0 Å². The number of nitrogens with one attached hydrogen (secondary N) is 2. The van der Waals surface area contributed by atoms with Crippen LogP contribution >= 0.6 is 22.7 Å². The molecule has 7 heteroatoms. The fraction of sp³-hybridized carbons (Fsp3) is 0.188. The van der Waals surface area contributed by atoms with E-state index >= 15 is 0 Å². The van der Waals surface area contributed by atoms with Crippen molar-refractivity contribution in [2.45, 2.75) is 19.9 Å². The molecule has 1 amide bonds. The zero-order chi connectivity index (χ0) is 16.2. The van der Waals surface area contributed by atoms with Gasteiger partial charge in [-0.2, -0.15) is 5.10 Å². The molecule has 1 atom stereocenters. The zero-order valence-corrected chi connectivity index (χ0v) is 14.4. The molecule has 0 fully saturated rings. The van der Waals surface area contributed by atoms with E-state index < -0.39 is 6.04 Å². The van der Waals surface area contributed by atoms with Crippen LogP contribution in [0.2, 0.25) is 0 Å². The van der Waals surface area contributed by atoms with E-state index in [2.05, 4.69) is 20.8 Å². The van der Waals surface area contributed by atoms with E-state index in [1.54, 1.807) is 24.5 Å². The summed E-state index contributed by atoms with van der Waals surface area (Å²) in [7, 11) is 0. The Morgan fingerprint density at radius 1 is 1.35 bits per heavy atom. The zero-order valence-electron chi connectivity index (χ0n) is 12.7. The number of anilines is 1. The van der Waals surface area contributed by atoms with E-state index in [4.69, 9.17) is 0 Å². The first-order chi connectivity index (χ1) is 11.1. The fourth-order valence-corrected chi connectivity index (χ4v) is 3.69. The predicted octanol–water partition coefficient (Wildman–Crippen LogP) is 3.62. The number of aryl methyl sites for hydroxylation is 1. The normalized spacial score (nSPS) is 12.6. The number of fused-ring (bicyclic) bond motifs is 1. The molecule has 0 spiro atoms. The lowest BCUT2D eigenvalue weighted by atomic mass is 10.3. The summed E-state index contributed by atoms with van der Waals surface area (Å²) < 4.78 is 1.09. The Morgan fingerprint density at radius 3 is 2.91 bits per heavy atom. The molecule has 0 radical (unpaired) electrons. The Kier molecular flexibility index (Phi) is 4.68. The van der Waals surface area contributed by atoms with Crippen molar-refractivity contribution in [3.8, 4) is 0 Å². The van der Waals surface area contributed by atoms with Crippen LogP contribution in [-0.4, -0.2) is 23.1 Å². The third kappa shape index (κ3) is 3.75. The molecule has 2 N–H and O–H groups in total. The molecule has 1 aromatic carbocycles. The predicted molar refractivity (Wildman–Crippen MR) is 97.5 cm³/mol. The van der Waals surface area contributed by atoms with Gasteiger partial charge in [-0.25, -0.2) is 10.4 Å². The van der Waals surface area contributed by atoms with E-state index in [1.165, 1.54) is 11.3 Å². The molecule has 2 heterocycles. The van der Waals surface area contributed by atoms with Gasteiger partial charge in [-0.1, -0.05) is 23.5 Å². The SMILES string of the molecule is Cc1ccsc1/C=N\NC(=O)[C@@H](C)Nc1nc2ccccc2s1. The molecule has 0 unspecified atom stereocenters. The van der Waals surface area contributed by atoms with Gasteiger partial charge in [0, 0.05) is 4.88 Å². The Bertz CT molecular complexity index is 820. The van der Waals surface area contributed by atoms with Gasteiger partial charge in [-0.15, -0.1) is 11.3 Å². The van der Waals surface area contributed by atoms with Gasteiger partial charge in [0.05, 0.1) is 16.4 Å². The number of aromatic nitrogens is 1. The number of para-hydroxylation sites is 1. The summed E-state index contributed by atoms with van der Waals surface area (Å²) in [5, 5.41) is 9.84. The van der Waals surface area contributed by atoms with Gasteiger partial charge < -0.3 is 5.32 Å². The molecule has 0 saturated carbocycles. The molecule has 23 heavy (non-hydrogen) atoms. The first kappa shape index (κ1) is 15.6. The average Bonchev–Trinajstić information content (AvgIpc) is 3.12. The maximum absolute atomic E-state index is 12.1. The Labute approximate surface area is 142 Å². The minimum absolute atomic E-state index is 0.199. The van der Waals surface area contributed by atoms with Crippen LogP contribution < -0.4 is 10.7 Å². The second-order valence-electron chi connectivity index (χ2n) is 5.05. The summed E-state index contributed by atoms with van der Waals surface area (Å²) in [4.78, 5) is 17.6. The van der Waals surface area contributed by atoms with Crippen molar-refractivity contribution in [3.63, 3.8) is 0 Å². The number of carbonyl (C=O) groups excluding carboxylic acids is 1. The van der Waals surface area contributed by atoms with Crippen molar-refractivity contribution >= 4 is 50.1 Å². The Balaban J connectivity index is 1.59. The number of amides is 1. The molecule has 5 nitrogen and oxygen atoms in total. The molecule has 2 aromatic heterocycles. The van der Waals surface area contributed by atoms with Gasteiger partial charge in [0.25, 0.3) is 5.91 Å². The largest absolute Gasteiger partial charge is 0.350 e. The number of rotatable bonds is 5. The molecule has 0 aliphatic heterocycles. The van der Waals surface area contributed by atoms with Gasteiger partial charge >= 0.3 is 0 Å². The minimum atomic E-state index is -0.419. The third-order valence-corrected chi connectivity index (χ3v) is 5.21. The van der Waals surface area contributed by atoms with Crippen LogP contribution in [-0.2, 0) is 4.79 Å². The van der Waals surface area contributed by atoms with E-state index in [0.717, 1.165) is 25.8 Å². The maximum Gasteiger partial charge on any atom is 0.262 e. The average molecular weight is 344 g/mol. The molecule has 0 aliphatic carbocycles. The molecule has 0 bridgehead atoms. The third-order valence-electron chi connectivity index (χ3n) is 3.29. The molecular formula is C16H16N4OS2. The lowest BCUT2D eigenvalue weighted by molar-refractivity contribution is -0.121. The van der Waals surface area contributed by atoms with E-state index in [9.17, 15) is 4.79 Å². The summed E-state index contributed by atoms with van der Waals surface area (Å²) in [6.07, 6.45) is 1.67.